The van der Waals surface area contributed by atoms with E-state index in [9.17, 15) is 0 Å². The van der Waals surface area contributed by atoms with Crippen LogP contribution in [0.25, 0.3) is 12.2 Å². The van der Waals surface area contributed by atoms with Crippen molar-refractivity contribution in [2.45, 2.75) is 13.5 Å². The van der Waals surface area contributed by atoms with E-state index in [1.54, 1.807) is 0 Å². The molecule has 1 aromatic carbocycles. The summed E-state index contributed by atoms with van der Waals surface area (Å²) in [6.07, 6.45) is 10.4. The smallest absolute Gasteiger partial charge is 0.172 e. The Bertz CT molecular complexity index is 559. The molecule has 0 fully saturated rings. The van der Waals surface area contributed by atoms with Crippen LogP contribution >= 0.6 is 0 Å². The fraction of sp³-hybridized carbons (Fsp3) is 0.118. The third kappa shape index (κ3) is 4.49. The Balaban J connectivity index is 0.00000180. The zero-order chi connectivity index (χ0) is 12.8. The molecule has 1 heterocycles. The molecule has 0 N–H and O–H groups in total. The van der Waals surface area contributed by atoms with Gasteiger partial charge in [0.25, 0.3) is 0 Å². The summed E-state index contributed by atoms with van der Waals surface area (Å²) in [7, 11) is 0. The first-order valence-electron chi connectivity index (χ1n) is 6.13. The summed E-state index contributed by atoms with van der Waals surface area (Å²) < 4.78 is 2.13. The Kier molecular flexibility index (Phi) is 6.23. The summed E-state index contributed by atoms with van der Waals surface area (Å²) in [6, 6.07) is 12.5. The second-order valence-corrected chi connectivity index (χ2v) is 4.31. The maximum Gasteiger partial charge on any atom is 0.172 e. The van der Waals surface area contributed by atoms with Crippen molar-refractivity contribution in [3.8, 4) is 0 Å². The molecule has 1 nitrogen and oxygen atoms in total. The van der Waals surface area contributed by atoms with Gasteiger partial charge in [0.1, 0.15) is 0 Å². The first kappa shape index (κ1) is 15.4. The zero-order valence-electron chi connectivity index (χ0n) is 11.1. The van der Waals surface area contributed by atoms with Crippen molar-refractivity contribution in [1.82, 2.24) is 0 Å². The van der Waals surface area contributed by atoms with Crippen LogP contribution in [-0.2, 0) is 6.54 Å². The fourth-order valence-corrected chi connectivity index (χ4v) is 1.87. The van der Waals surface area contributed by atoms with Gasteiger partial charge in [-0.05, 0) is 24.1 Å². The van der Waals surface area contributed by atoms with Crippen molar-refractivity contribution in [2.75, 3.05) is 0 Å². The van der Waals surface area contributed by atoms with E-state index < -0.39 is 0 Å². The van der Waals surface area contributed by atoms with Crippen molar-refractivity contribution < 1.29 is 21.5 Å². The molecule has 2 heteroatoms. The third-order valence-corrected chi connectivity index (χ3v) is 2.86. The van der Waals surface area contributed by atoms with E-state index >= 15 is 0 Å². The minimum atomic E-state index is 0. The van der Waals surface area contributed by atoms with Crippen molar-refractivity contribution in [1.29, 1.82) is 0 Å². The fourth-order valence-electron chi connectivity index (χ4n) is 1.87. The molecule has 19 heavy (non-hydrogen) atoms. The van der Waals surface area contributed by atoms with E-state index in [4.69, 9.17) is 0 Å². The van der Waals surface area contributed by atoms with E-state index in [1.165, 1.54) is 16.7 Å². The molecule has 2 rings (SSSR count). The largest absolute Gasteiger partial charge is 1.00 e. The molecule has 0 aliphatic heterocycles. The minimum Gasteiger partial charge on any atom is -1.00 e. The Hall–Kier alpha value is -1.67. The minimum absolute atomic E-state index is 0. The number of nitrogens with zero attached hydrogens (tertiary/aromatic N) is 1. The first-order chi connectivity index (χ1) is 8.79. The molecular weight excluding hydrogens is 298 g/mol. The molecular formula is C17H18BrN. The molecule has 0 saturated heterocycles. The Labute approximate surface area is 125 Å². The standard InChI is InChI=1S/C17H18N.BrH/c1-3-12-18-13-11-17(15(2)14-18)10-9-16-7-5-4-6-8-16;/h3-11,13-14H,1,12H2,2H3;1H/q+1;/p-1/b10-9+;. The van der Waals surface area contributed by atoms with E-state index in [0.717, 1.165) is 6.54 Å². The van der Waals surface area contributed by atoms with Gasteiger partial charge in [0.05, 0.1) is 0 Å². The molecule has 0 saturated carbocycles. The summed E-state index contributed by atoms with van der Waals surface area (Å²) in [4.78, 5) is 0. The van der Waals surface area contributed by atoms with Crippen molar-refractivity contribution >= 4 is 12.2 Å². The van der Waals surface area contributed by atoms with Crippen LogP contribution < -0.4 is 21.5 Å². The van der Waals surface area contributed by atoms with Gasteiger partial charge in [-0.1, -0.05) is 49.1 Å². The van der Waals surface area contributed by atoms with E-state index in [0.29, 0.717) is 0 Å². The zero-order valence-corrected chi connectivity index (χ0v) is 12.7. The van der Waals surface area contributed by atoms with E-state index in [1.807, 2.05) is 12.1 Å². The van der Waals surface area contributed by atoms with Crippen LogP contribution in [0.3, 0.4) is 0 Å². The average Bonchev–Trinajstić information content (AvgIpc) is 2.39. The molecule has 0 aliphatic carbocycles. The molecule has 0 aliphatic rings. The number of halogens is 1. The number of hydrogen-bond donors (Lipinski definition) is 0. The molecule has 2 aromatic rings. The summed E-state index contributed by atoms with van der Waals surface area (Å²) >= 11 is 0. The predicted octanol–water partition coefficient (Wildman–Crippen LogP) is 0.643. The van der Waals surface area contributed by atoms with Gasteiger partial charge in [-0.2, -0.15) is 0 Å². The van der Waals surface area contributed by atoms with Gasteiger partial charge >= 0.3 is 0 Å². The number of rotatable bonds is 4. The monoisotopic (exact) mass is 315 g/mol. The van der Waals surface area contributed by atoms with Gasteiger partial charge in [-0.3, -0.25) is 0 Å². The average molecular weight is 316 g/mol. The summed E-state index contributed by atoms with van der Waals surface area (Å²) in [5.41, 5.74) is 3.74. The van der Waals surface area contributed by atoms with Crippen molar-refractivity contribution in [3.05, 3.63) is 78.1 Å². The number of aromatic nitrogens is 1. The van der Waals surface area contributed by atoms with Crippen LogP contribution in [-0.4, -0.2) is 0 Å². The van der Waals surface area contributed by atoms with Gasteiger partial charge in [0, 0.05) is 11.6 Å². The topological polar surface area (TPSA) is 3.88 Å². The quantitative estimate of drug-likeness (QED) is 0.576. The molecule has 1 aromatic heterocycles. The summed E-state index contributed by atoms with van der Waals surface area (Å²) in [6.45, 7) is 6.73. The van der Waals surface area contributed by atoms with Gasteiger partial charge < -0.3 is 17.0 Å². The van der Waals surface area contributed by atoms with Gasteiger partial charge in [0.2, 0.25) is 0 Å². The van der Waals surface area contributed by atoms with Gasteiger partial charge in [-0.25, -0.2) is 4.57 Å². The van der Waals surface area contributed by atoms with Gasteiger partial charge in [0.15, 0.2) is 18.9 Å². The molecule has 0 spiro atoms. The highest BCUT2D eigenvalue weighted by Gasteiger charge is 2.01. The third-order valence-electron chi connectivity index (χ3n) is 2.86. The van der Waals surface area contributed by atoms with E-state index in [-0.39, 0.29) is 17.0 Å². The molecule has 0 amide bonds. The number of hydrogen-bond acceptors (Lipinski definition) is 0. The maximum atomic E-state index is 3.75. The first-order valence-corrected chi connectivity index (χ1v) is 6.13. The molecule has 98 valence electrons. The lowest BCUT2D eigenvalue weighted by Gasteiger charge is -1.99. The van der Waals surface area contributed by atoms with Crippen LogP contribution in [0, 0.1) is 6.92 Å². The second-order valence-electron chi connectivity index (χ2n) is 4.31. The van der Waals surface area contributed by atoms with Crippen LogP contribution in [0.5, 0.6) is 0 Å². The summed E-state index contributed by atoms with van der Waals surface area (Å²) in [5.74, 6) is 0. The SMILES string of the molecule is C=CC[n+]1ccc(/C=C/c2ccccc2)c(C)c1.[Br-]. The Morgan fingerprint density at radius 1 is 1.11 bits per heavy atom. The van der Waals surface area contributed by atoms with Crippen LogP contribution in [0.2, 0.25) is 0 Å². The lowest BCUT2D eigenvalue weighted by atomic mass is 10.1. The highest BCUT2D eigenvalue weighted by molar-refractivity contribution is 5.70. The lowest BCUT2D eigenvalue weighted by Crippen LogP contribution is -3.00. The summed E-state index contributed by atoms with van der Waals surface area (Å²) in [5, 5.41) is 0. The number of allylic oxidation sites excluding steroid dienone is 1. The molecule has 0 atom stereocenters. The van der Waals surface area contributed by atoms with Crippen LogP contribution in [0.1, 0.15) is 16.7 Å². The molecule has 0 unspecified atom stereocenters. The molecule has 0 bridgehead atoms. The lowest BCUT2D eigenvalue weighted by molar-refractivity contribution is -0.687. The van der Waals surface area contributed by atoms with Gasteiger partial charge in [-0.15, -0.1) is 0 Å². The van der Waals surface area contributed by atoms with E-state index in [2.05, 4.69) is 72.9 Å². The predicted molar refractivity (Wildman–Crippen MR) is 76.9 cm³/mol. The Morgan fingerprint density at radius 3 is 2.47 bits per heavy atom. The number of pyridine rings is 1. The highest BCUT2D eigenvalue weighted by atomic mass is 79.9. The number of benzene rings is 1. The Morgan fingerprint density at radius 2 is 1.84 bits per heavy atom. The maximum absolute atomic E-state index is 3.75. The van der Waals surface area contributed by atoms with Crippen molar-refractivity contribution in [2.24, 2.45) is 0 Å². The number of aryl methyl sites for hydroxylation is 1. The highest BCUT2D eigenvalue weighted by Crippen LogP contribution is 2.10. The van der Waals surface area contributed by atoms with Crippen LogP contribution in [0.4, 0.5) is 0 Å². The van der Waals surface area contributed by atoms with Crippen LogP contribution in [0.15, 0.2) is 61.4 Å². The molecule has 0 radical (unpaired) electrons. The normalized spacial score (nSPS) is 10.2. The van der Waals surface area contributed by atoms with Crippen molar-refractivity contribution in [3.63, 3.8) is 0 Å². The second kappa shape index (κ2) is 7.70.